The van der Waals surface area contributed by atoms with Crippen LogP contribution in [0.4, 0.5) is 5.69 Å². The molecule has 5 bridgehead atoms. The Morgan fingerprint density at radius 2 is 2.22 bits per heavy atom. The van der Waals surface area contributed by atoms with E-state index in [4.69, 9.17) is 0 Å². The Labute approximate surface area is 135 Å². The van der Waals surface area contributed by atoms with E-state index in [9.17, 15) is 10.2 Å². The number of para-hydroxylation sites is 1. The number of benzene rings is 1. The van der Waals surface area contributed by atoms with Gasteiger partial charge >= 0.3 is 0 Å². The predicted molar refractivity (Wildman–Crippen MR) is 87.5 cm³/mol. The molecule has 0 amide bonds. The zero-order valence-electron chi connectivity index (χ0n) is 13.2. The number of aromatic hydroxyl groups is 1. The molecule has 5 aliphatic heterocycles. The number of allylic oxidation sites excluding steroid dienone is 1. The molecule has 23 heavy (non-hydrogen) atoms. The zero-order chi connectivity index (χ0) is 15.5. The van der Waals surface area contributed by atoms with E-state index < -0.39 is 0 Å². The van der Waals surface area contributed by atoms with E-state index in [0.717, 1.165) is 30.6 Å². The van der Waals surface area contributed by atoms with Gasteiger partial charge in [-0.2, -0.15) is 0 Å². The third kappa shape index (κ3) is 1.17. The fourth-order valence-corrected chi connectivity index (χ4v) is 6.93. The van der Waals surface area contributed by atoms with Gasteiger partial charge in [0.1, 0.15) is 5.75 Å². The second-order valence-electron chi connectivity index (χ2n) is 8.10. The lowest BCUT2D eigenvalue weighted by molar-refractivity contribution is -0.0318. The van der Waals surface area contributed by atoms with Gasteiger partial charge in [0.05, 0.1) is 17.8 Å². The first-order chi connectivity index (χ1) is 11.2. The number of anilines is 1. The molecule has 5 fully saturated rings. The monoisotopic (exact) mass is 310 g/mol. The van der Waals surface area contributed by atoms with Gasteiger partial charge in [-0.15, -0.1) is 0 Å². The first-order valence-corrected chi connectivity index (χ1v) is 8.84. The van der Waals surface area contributed by atoms with Crippen LogP contribution in [0.3, 0.4) is 0 Å². The van der Waals surface area contributed by atoms with Crippen molar-refractivity contribution >= 4 is 5.69 Å². The summed E-state index contributed by atoms with van der Waals surface area (Å²) in [6, 6.07) is 7.00. The molecule has 5 heterocycles. The van der Waals surface area contributed by atoms with Crippen molar-refractivity contribution in [2.45, 2.75) is 49.4 Å². The molecule has 1 saturated carbocycles. The van der Waals surface area contributed by atoms with E-state index in [2.05, 4.69) is 29.3 Å². The third-order valence-electron chi connectivity index (χ3n) is 7.69. The number of aliphatic hydroxyl groups is 1. The number of rotatable bonds is 0. The summed E-state index contributed by atoms with van der Waals surface area (Å²) in [7, 11) is 0. The molecule has 120 valence electrons. The topological polar surface area (TPSA) is 55.7 Å². The molecule has 1 aromatic rings. The molecule has 1 unspecified atom stereocenters. The summed E-state index contributed by atoms with van der Waals surface area (Å²) in [5.74, 6) is 1.22. The van der Waals surface area contributed by atoms with Crippen LogP contribution in [0.15, 0.2) is 29.8 Å². The maximum atomic E-state index is 11.4. The van der Waals surface area contributed by atoms with Crippen LogP contribution in [0.25, 0.3) is 0 Å². The highest BCUT2D eigenvalue weighted by Crippen LogP contribution is 2.67. The van der Waals surface area contributed by atoms with Crippen LogP contribution in [0, 0.1) is 11.8 Å². The molecule has 4 saturated heterocycles. The largest absolute Gasteiger partial charge is 0.506 e. The molecule has 1 spiro atoms. The molecule has 1 aliphatic carbocycles. The van der Waals surface area contributed by atoms with Crippen molar-refractivity contribution in [2.75, 3.05) is 11.9 Å². The molecular formula is C19H22N2O2. The van der Waals surface area contributed by atoms with E-state index in [0.29, 0.717) is 29.7 Å². The smallest absolute Gasteiger partial charge is 0.138 e. The Hall–Kier alpha value is -1.52. The van der Waals surface area contributed by atoms with E-state index in [-0.39, 0.29) is 17.6 Å². The lowest BCUT2D eigenvalue weighted by atomic mass is 9.65. The number of aliphatic hydroxyl groups excluding tert-OH is 1. The van der Waals surface area contributed by atoms with Crippen molar-refractivity contribution in [1.82, 2.24) is 4.90 Å². The molecule has 3 N–H and O–H groups in total. The molecule has 4 nitrogen and oxygen atoms in total. The van der Waals surface area contributed by atoms with Crippen molar-refractivity contribution in [3.05, 3.63) is 35.4 Å². The highest BCUT2D eigenvalue weighted by molar-refractivity contribution is 5.72. The molecule has 8 atom stereocenters. The first kappa shape index (κ1) is 12.8. The molecule has 6 aliphatic rings. The molecular weight excluding hydrogens is 288 g/mol. The van der Waals surface area contributed by atoms with Gasteiger partial charge in [0.15, 0.2) is 0 Å². The number of phenols is 1. The summed E-state index contributed by atoms with van der Waals surface area (Å²) in [5, 5.41) is 25.4. The number of hydrogen-bond donors (Lipinski definition) is 3. The minimum absolute atomic E-state index is 0.206. The van der Waals surface area contributed by atoms with Gasteiger partial charge in [-0.1, -0.05) is 23.8 Å². The highest BCUT2D eigenvalue weighted by atomic mass is 16.3. The van der Waals surface area contributed by atoms with E-state index >= 15 is 0 Å². The average molecular weight is 310 g/mol. The van der Waals surface area contributed by atoms with Crippen LogP contribution >= 0.6 is 0 Å². The van der Waals surface area contributed by atoms with Gasteiger partial charge in [-0.3, -0.25) is 4.90 Å². The van der Waals surface area contributed by atoms with Gasteiger partial charge in [0.25, 0.3) is 0 Å². The van der Waals surface area contributed by atoms with Crippen molar-refractivity contribution < 1.29 is 10.2 Å². The minimum atomic E-state index is -0.316. The van der Waals surface area contributed by atoms with E-state index in [1.807, 2.05) is 6.07 Å². The van der Waals surface area contributed by atoms with Crippen molar-refractivity contribution in [1.29, 1.82) is 0 Å². The Balaban J connectivity index is 1.60. The highest BCUT2D eigenvalue weighted by Gasteiger charge is 2.73. The van der Waals surface area contributed by atoms with Crippen LogP contribution in [-0.4, -0.2) is 45.9 Å². The first-order valence-electron chi connectivity index (χ1n) is 8.84. The van der Waals surface area contributed by atoms with Crippen LogP contribution in [0.2, 0.25) is 0 Å². The number of phenolic OH excluding ortho intramolecular Hbond substituents is 1. The SMILES string of the molecule is C/C=C1/CN2[C@H]3C[C@@]45c6cccc(O)c6N[C@H]4[C@@H]2C[C@@H]1[C@@H]3[C@H]5O. The average Bonchev–Trinajstić information content (AvgIpc) is 3.03. The minimum Gasteiger partial charge on any atom is -0.506 e. The molecule has 0 radical (unpaired) electrons. The summed E-state index contributed by atoms with van der Waals surface area (Å²) >= 11 is 0. The molecule has 0 aromatic heterocycles. The van der Waals surface area contributed by atoms with Crippen molar-refractivity contribution in [3.8, 4) is 5.75 Å². The second kappa shape index (κ2) is 3.76. The number of nitrogens with one attached hydrogen (secondary N) is 1. The fourth-order valence-electron chi connectivity index (χ4n) is 6.93. The molecule has 7 rings (SSSR count). The molecule has 4 heteroatoms. The van der Waals surface area contributed by atoms with E-state index in [1.54, 1.807) is 6.07 Å². The van der Waals surface area contributed by atoms with Crippen LogP contribution in [0.1, 0.15) is 25.3 Å². The fraction of sp³-hybridized carbons (Fsp3) is 0.579. The van der Waals surface area contributed by atoms with Gasteiger partial charge in [0, 0.05) is 30.0 Å². The number of hydrogen-bond acceptors (Lipinski definition) is 4. The van der Waals surface area contributed by atoms with Gasteiger partial charge in [-0.25, -0.2) is 0 Å². The third-order valence-corrected chi connectivity index (χ3v) is 7.69. The lowest BCUT2D eigenvalue weighted by Gasteiger charge is -2.57. The van der Waals surface area contributed by atoms with Gasteiger partial charge in [0.2, 0.25) is 0 Å². The lowest BCUT2D eigenvalue weighted by Crippen LogP contribution is -2.66. The van der Waals surface area contributed by atoms with Crippen LogP contribution < -0.4 is 5.32 Å². The number of piperidine rings is 4. The Morgan fingerprint density at radius 3 is 3.04 bits per heavy atom. The Morgan fingerprint density at radius 1 is 1.35 bits per heavy atom. The normalized spacial score (nSPS) is 52.6. The summed E-state index contributed by atoms with van der Waals surface area (Å²) < 4.78 is 0. The van der Waals surface area contributed by atoms with Crippen molar-refractivity contribution in [3.63, 3.8) is 0 Å². The predicted octanol–water partition coefficient (Wildman–Crippen LogP) is 1.84. The molecule has 1 aromatic carbocycles. The van der Waals surface area contributed by atoms with Gasteiger partial charge in [-0.05, 0) is 37.3 Å². The Kier molecular flexibility index (Phi) is 2.10. The Bertz CT molecular complexity index is 760. The van der Waals surface area contributed by atoms with E-state index in [1.165, 1.54) is 5.57 Å². The number of nitrogens with zero attached hydrogens (tertiary/aromatic N) is 1. The standard InChI is InChI=1S/C19H22N2O2/c1-2-9-8-21-12-6-10(9)15-13(21)7-19(18(15)23)11-4-3-5-14(22)16(11)20-17(12)19/h2-5,10,12-13,15,17-18,20,22-23H,6-8H2,1H3/b9-2-/t10-,12-,13-,15-,17-,18+,19+/m0/s1. The zero-order valence-corrected chi connectivity index (χ0v) is 13.2. The van der Waals surface area contributed by atoms with Gasteiger partial charge < -0.3 is 15.5 Å². The summed E-state index contributed by atoms with van der Waals surface area (Å²) in [5.41, 5.74) is 3.34. The quantitative estimate of drug-likeness (QED) is 0.505. The van der Waals surface area contributed by atoms with Crippen molar-refractivity contribution in [2.24, 2.45) is 11.8 Å². The second-order valence-corrected chi connectivity index (χ2v) is 8.10. The summed E-state index contributed by atoms with van der Waals surface area (Å²) in [6.45, 7) is 3.21. The maximum Gasteiger partial charge on any atom is 0.138 e. The summed E-state index contributed by atoms with van der Waals surface area (Å²) in [4.78, 5) is 2.65. The van der Waals surface area contributed by atoms with Crippen LogP contribution in [0.5, 0.6) is 5.75 Å². The number of fused-ring (bicyclic) bond motifs is 2. The van der Waals surface area contributed by atoms with Crippen LogP contribution in [-0.2, 0) is 5.41 Å². The summed E-state index contributed by atoms with van der Waals surface area (Å²) in [6.07, 6.45) is 4.13. The maximum absolute atomic E-state index is 11.4.